The number of halogens is 1. The summed E-state index contributed by atoms with van der Waals surface area (Å²) in [6, 6.07) is 0. The molecule has 0 heterocycles. The number of rotatable bonds is 2. The van der Waals surface area contributed by atoms with Crippen LogP contribution in [0.2, 0.25) is 0 Å². The number of hydrogen-bond donors (Lipinski definition) is 2. The fourth-order valence-corrected chi connectivity index (χ4v) is 1.82. The van der Waals surface area contributed by atoms with Crippen LogP contribution in [-0.4, -0.2) is 17.0 Å². The number of alkyl halides is 1. The van der Waals surface area contributed by atoms with Gasteiger partial charge in [-0.1, -0.05) is 0 Å². The Balaban J connectivity index is 2.45. The van der Waals surface area contributed by atoms with E-state index in [0.29, 0.717) is 18.6 Å². The summed E-state index contributed by atoms with van der Waals surface area (Å²) < 4.78 is 0. The topological polar surface area (TPSA) is 66.9 Å². The number of hydrogen-bond acceptors (Lipinski definition) is 2. The third-order valence-corrected chi connectivity index (χ3v) is 2.58. The molecule has 0 aliphatic heterocycles. The SMILES string of the molecule is N=C1CC(Cl)CCC1CC(N)=O. The highest BCUT2D eigenvalue weighted by molar-refractivity contribution is 6.22. The Morgan fingerprint density at radius 2 is 2.33 bits per heavy atom. The second kappa shape index (κ2) is 3.90. The van der Waals surface area contributed by atoms with E-state index >= 15 is 0 Å². The molecule has 2 unspecified atom stereocenters. The van der Waals surface area contributed by atoms with Gasteiger partial charge in [-0.25, -0.2) is 0 Å². The number of carbonyl (C=O) groups excluding carboxylic acids is 1. The van der Waals surface area contributed by atoms with Gasteiger partial charge in [-0.3, -0.25) is 4.79 Å². The zero-order valence-electron chi connectivity index (χ0n) is 6.85. The van der Waals surface area contributed by atoms with Crippen molar-refractivity contribution in [1.29, 1.82) is 5.41 Å². The van der Waals surface area contributed by atoms with E-state index in [4.69, 9.17) is 22.7 Å². The van der Waals surface area contributed by atoms with E-state index in [1.165, 1.54) is 0 Å². The van der Waals surface area contributed by atoms with E-state index in [2.05, 4.69) is 0 Å². The Morgan fingerprint density at radius 1 is 1.67 bits per heavy atom. The van der Waals surface area contributed by atoms with E-state index in [9.17, 15) is 4.79 Å². The number of amides is 1. The Bertz CT molecular complexity index is 205. The Labute approximate surface area is 76.8 Å². The largest absolute Gasteiger partial charge is 0.370 e. The summed E-state index contributed by atoms with van der Waals surface area (Å²) in [5.41, 5.74) is 5.63. The molecular formula is C8H13ClN2O. The van der Waals surface area contributed by atoms with E-state index in [1.54, 1.807) is 0 Å². The lowest BCUT2D eigenvalue weighted by molar-refractivity contribution is -0.118. The van der Waals surface area contributed by atoms with Crippen molar-refractivity contribution in [1.82, 2.24) is 0 Å². The molecule has 1 rings (SSSR count). The van der Waals surface area contributed by atoms with Crippen molar-refractivity contribution in [3.63, 3.8) is 0 Å². The molecule has 0 aromatic rings. The Hall–Kier alpha value is -0.570. The molecule has 3 nitrogen and oxygen atoms in total. The van der Waals surface area contributed by atoms with Gasteiger partial charge in [-0.15, -0.1) is 11.6 Å². The van der Waals surface area contributed by atoms with Gasteiger partial charge in [0, 0.05) is 29.8 Å². The van der Waals surface area contributed by atoms with Crippen molar-refractivity contribution in [2.75, 3.05) is 0 Å². The van der Waals surface area contributed by atoms with Crippen LogP contribution in [-0.2, 0) is 4.79 Å². The molecule has 3 N–H and O–H groups in total. The molecule has 4 heteroatoms. The lowest BCUT2D eigenvalue weighted by Crippen LogP contribution is -2.28. The molecule has 0 saturated heterocycles. The molecule has 1 saturated carbocycles. The minimum absolute atomic E-state index is 0.0532. The molecule has 0 radical (unpaired) electrons. The van der Waals surface area contributed by atoms with Gasteiger partial charge in [0.1, 0.15) is 0 Å². The first-order valence-electron chi connectivity index (χ1n) is 4.09. The van der Waals surface area contributed by atoms with Gasteiger partial charge < -0.3 is 11.1 Å². The second-order valence-corrected chi connectivity index (χ2v) is 3.89. The minimum Gasteiger partial charge on any atom is -0.370 e. The smallest absolute Gasteiger partial charge is 0.218 e. The predicted octanol–water partition coefficient (Wildman–Crippen LogP) is 1.29. The maximum absolute atomic E-state index is 10.6. The molecule has 0 spiro atoms. The van der Waals surface area contributed by atoms with Crippen LogP contribution in [0.25, 0.3) is 0 Å². The van der Waals surface area contributed by atoms with Crippen LogP contribution in [0.1, 0.15) is 25.7 Å². The van der Waals surface area contributed by atoms with Gasteiger partial charge in [-0.05, 0) is 12.8 Å². The van der Waals surface area contributed by atoms with Gasteiger partial charge >= 0.3 is 0 Å². The molecule has 1 fully saturated rings. The fraction of sp³-hybridized carbons (Fsp3) is 0.750. The van der Waals surface area contributed by atoms with Crippen LogP contribution in [0, 0.1) is 11.3 Å². The number of nitrogens with one attached hydrogen (secondary N) is 1. The highest BCUT2D eigenvalue weighted by Gasteiger charge is 2.25. The van der Waals surface area contributed by atoms with Crippen molar-refractivity contribution in [2.45, 2.75) is 31.1 Å². The molecule has 2 atom stereocenters. The lowest BCUT2D eigenvalue weighted by Gasteiger charge is -2.24. The maximum Gasteiger partial charge on any atom is 0.218 e. The quantitative estimate of drug-likeness (QED) is 0.630. The second-order valence-electron chi connectivity index (χ2n) is 3.27. The molecule has 0 aromatic heterocycles. The molecule has 68 valence electrons. The van der Waals surface area contributed by atoms with Crippen LogP contribution in [0.3, 0.4) is 0 Å². The van der Waals surface area contributed by atoms with Crippen molar-refractivity contribution >= 4 is 23.2 Å². The fourth-order valence-electron chi connectivity index (χ4n) is 1.53. The van der Waals surface area contributed by atoms with Crippen LogP contribution in [0.5, 0.6) is 0 Å². The first-order valence-corrected chi connectivity index (χ1v) is 4.53. The summed E-state index contributed by atoms with van der Waals surface area (Å²) in [7, 11) is 0. The number of primary amides is 1. The summed E-state index contributed by atoms with van der Waals surface area (Å²) in [4.78, 5) is 10.6. The van der Waals surface area contributed by atoms with Crippen LogP contribution >= 0.6 is 11.6 Å². The molecule has 12 heavy (non-hydrogen) atoms. The standard InChI is InChI=1S/C8H13ClN2O/c9-6-2-1-5(3-8(11)12)7(10)4-6/h5-6,10H,1-4H2,(H2,11,12). The first kappa shape index (κ1) is 9.52. The Kier molecular flexibility index (Phi) is 3.09. The van der Waals surface area contributed by atoms with Crippen LogP contribution in [0.15, 0.2) is 0 Å². The minimum atomic E-state index is -0.322. The van der Waals surface area contributed by atoms with Gasteiger partial charge in [0.15, 0.2) is 0 Å². The van der Waals surface area contributed by atoms with E-state index in [-0.39, 0.29) is 17.2 Å². The highest BCUT2D eigenvalue weighted by atomic mass is 35.5. The zero-order chi connectivity index (χ0) is 9.14. The molecule has 1 aliphatic rings. The van der Waals surface area contributed by atoms with Gasteiger partial charge in [0.25, 0.3) is 0 Å². The molecule has 0 bridgehead atoms. The maximum atomic E-state index is 10.6. The molecule has 1 aliphatic carbocycles. The summed E-state index contributed by atoms with van der Waals surface area (Å²) in [5.74, 6) is -0.268. The van der Waals surface area contributed by atoms with Crippen LogP contribution in [0.4, 0.5) is 0 Å². The normalized spacial score (nSPS) is 30.2. The third-order valence-electron chi connectivity index (χ3n) is 2.21. The zero-order valence-corrected chi connectivity index (χ0v) is 7.60. The highest BCUT2D eigenvalue weighted by Crippen LogP contribution is 2.26. The number of nitrogens with two attached hydrogens (primary N) is 1. The van der Waals surface area contributed by atoms with Gasteiger partial charge in [0.05, 0.1) is 0 Å². The van der Waals surface area contributed by atoms with Crippen molar-refractivity contribution in [3.05, 3.63) is 0 Å². The van der Waals surface area contributed by atoms with Gasteiger partial charge in [-0.2, -0.15) is 0 Å². The number of carbonyl (C=O) groups is 1. The van der Waals surface area contributed by atoms with E-state index in [0.717, 1.165) is 12.8 Å². The van der Waals surface area contributed by atoms with Crippen molar-refractivity contribution < 1.29 is 4.79 Å². The first-order chi connectivity index (χ1) is 5.59. The summed E-state index contributed by atoms with van der Waals surface area (Å²) in [6.45, 7) is 0. The summed E-state index contributed by atoms with van der Waals surface area (Å²) in [6.07, 6.45) is 2.64. The summed E-state index contributed by atoms with van der Waals surface area (Å²) in [5, 5.41) is 7.66. The van der Waals surface area contributed by atoms with E-state index in [1.807, 2.05) is 0 Å². The molecule has 0 aromatic carbocycles. The third kappa shape index (κ3) is 2.48. The predicted molar refractivity (Wildman–Crippen MR) is 48.5 cm³/mol. The van der Waals surface area contributed by atoms with Gasteiger partial charge in [0.2, 0.25) is 5.91 Å². The Morgan fingerprint density at radius 3 is 2.83 bits per heavy atom. The molecule has 1 amide bonds. The monoisotopic (exact) mass is 188 g/mol. The van der Waals surface area contributed by atoms with Crippen molar-refractivity contribution in [3.8, 4) is 0 Å². The van der Waals surface area contributed by atoms with Crippen molar-refractivity contribution in [2.24, 2.45) is 11.7 Å². The lowest BCUT2D eigenvalue weighted by atomic mass is 9.85. The summed E-state index contributed by atoms with van der Waals surface area (Å²) >= 11 is 5.86. The van der Waals surface area contributed by atoms with E-state index < -0.39 is 0 Å². The van der Waals surface area contributed by atoms with Crippen LogP contribution < -0.4 is 5.73 Å². The average molecular weight is 189 g/mol. The molecular weight excluding hydrogens is 176 g/mol. The average Bonchev–Trinajstić information content (AvgIpc) is 1.94.